The second kappa shape index (κ2) is 7.80. The Morgan fingerprint density at radius 1 is 1.30 bits per heavy atom. The Hall–Kier alpha value is -2.22. The fraction of sp³-hybridized carbons (Fsp3) is 0.150. The van der Waals surface area contributed by atoms with Gasteiger partial charge in [-0.1, -0.05) is 23.9 Å². The van der Waals surface area contributed by atoms with Crippen molar-refractivity contribution in [3.05, 3.63) is 76.0 Å². The van der Waals surface area contributed by atoms with E-state index in [0.717, 1.165) is 26.0 Å². The van der Waals surface area contributed by atoms with E-state index >= 15 is 0 Å². The Balaban J connectivity index is 1.82. The molecule has 0 aromatic carbocycles. The van der Waals surface area contributed by atoms with Crippen molar-refractivity contribution in [1.82, 2.24) is 14.5 Å². The molecule has 0 spiro atoms. The van der Waals surface area contributed by atoms with Gasteiger partial charge in [0.05, 0.1) is 5.39 Å². The van der Waals surface area contributed by atoms with Crippen LogP contribution in [0.3, 0.4) is 0 Å². The molecule has 1 unspecified atom stereocenters. The molecule has 4 aromatic heterocycles. The van der Waals surface area contributed by atoms with Crippen LogP contribution in [0.4, 0.5) is 0 Å². The third kappa shape index (κ3) is 3.50. The highest BCUT2D eigenvalue weighted by molar-refractivity contribution is 7.99. The first-order valence-electron chi connectivity index (χ1n) is 8.42. The lowest BCUT2D eigenvalue weighted by Crippen LogP contribution is -2.22. The summed E-state index contributed by atoms with van der Waals surface area (Å²) in [6, 6.07) is 8.02. The van der Waals surface area contributed by atoms with Crippen molar-refractivity contribution in [2.45, 2.75) is 23.9 Å². The first kappa shape index (κ1) is 18.2. The number of thiophene rings is 2. The van der Waals surface area contributed by atoms with Gasteiger partial charge in [-0.15, -0.1) is 29.3 Å². The molecule has 0 amide bonds. The maximum absolute atomic E-state index is 13.3. The minimum Gasteiger partial charge on any atom is -0.283 e. The molecule has 136 valence electrons. The van der Waals surface area contributed by atoms with E-state index in [1.54, 1.807) is 46.1 Å². The molecule has 0 saturated heterocycles. The van der Waals surface area contributed by atoms with Crippen molar-refractivity contribution in [2.75, 3.05) is 0 Å². The van der Waals surface area contributed by atoms with E-state index in [4.69, 9.17) is 4.98 Å². The molecule has 0 N–H and O–H groups in total. The van der Waals surface area contributed by atoms with Crippen LogP contribution in [-0.4, -0.2) is 14.5 Å². The first-order valence-corrected chi connectivity index (χ1v) is 11.1. The van der Waals surface area contributed by atoms with E-state index in [9.17, 15) is 4.79 Å². The van der Waals surface area contributed by atoms with Gasteiger partial charge in [0.25, 0.3) is 5.56 Å². The number of rotatable bonds is 6. The molecule has 1 atom stereocenters. The molecule has 0 radical (unpaired) electrons. The van der Waals surface area contributed by atoms with Crippen LogP contribution >= 0.6 is 34.4 Å². The average molecular weight is 412 g/mol. The largest absolute Gasteiger partial charge is 0.283 e. The van der Waals surface area contributed by atoms with Crippen molar-refractivity contribution in [1.29, 1.82) is 0 Å². The molecule has 0 aliphatic carbocycles. The van der Waals surface area contributed by atoms with E-state index in [2.05, 4.69) is 18.5 Å². The Kier molecular flexibility index (Phi) is 5.24. The Morgan fingerprint density at radius 2 is 2.11 bits per heavy atom. The van der Waals surface area contributed by atoms with Gasteiger partial charge in [-0.3, -0.25) is 14.3 Å². The quantitative estimate of drug-likeness (QED) is 0.235. The third-order valence-corrected chi connectivity index (χ3v) is 7.14. The third-order valence-electron chi connectivity index (χ3n) is 4.21. The lowest BCUT2D eigenvalue weighted by molar-refractivity contribution is 0.671. The fourth-order valence-corrected chi connectivity index (χ4v) is 5.71. The minimum absolute atomic E-state index is 0.00558. The number of hydrogen-bond acceptors (Lipinski definition) is 6. The number of pyridine rings is 1. The number of hydrogen-bond donors (Lipinski definition) is 0. The minimum atomic E-state index is -0.00558. The van der Waals surface area contributed by atoms with E-state index in [0.29, 0.717) is 11.9 Å². The SMILES string of the molecule is C=CCn1c(SC(C)c2ccncc2)nc2scc(-c3cccs3)c2c1=O. The molecule has 0 aliphatic rings. The number of nitrogens with zero attached hydrogens (tertiary/aromatic N) is 3. The van der Waals surface area contributed by atoms with Crippen molar-refractivity contribution in [2.24, 2.45) is 0 Å². The molecule has 4 aromatic rings. The summed E-state index contributed by atoms with van der Waals surface area (Å²) in [5.74, 6) is 0. The van der Waals surface area contributed by atoms with Gasteiger partial charge in [-0.25, -0.2) is 4.98 Å². The monoisotopic (exact) mass is 411 g/mol. The van der Waals surface area contributed by atoms with Crippen LogP contribution in [0.15, 0.2) is 70.0 Å². The summed E-state index contributed by atoms with van der Waals surface area (Å²) >= 11 is 4.74. The summed E-state index contributed by atoms with van der Waals surface area (Å²) in [6.45, 7) is 6.36. The smallest absolute Gasteiger partial charge is 0.263 e. The van der Waals surface area contributed by atoms with Crippen LogP contribution in [-0.2, 0) is 6.54 Å². The van der Waals surface area contributed by atoms with Crippen molar-refractivity contribution in [3.63, 3.8) is 0 Å². The van der Waals surface area contributed by atoms with Gasteiger partial charge in [0.2, 0.25) is 0 Å². The van der Waals surface area contributed by atoms with Crippen LogP contribution in [0, 0.1) is 0 Å². The molecular formula is C20H17N3OS3. The first-order chi connectivity index (χ1) is 13.2. The van der Waals surface area contributed by atoms with Crippen LogP contribution in [0.1, 0.15) is 17.7 Å². The van der Waals surface area contributed by atoms with Gasteiger partial charge in [0, 0.05) is 40.0 Å². The zero-order chi connectivity index (χ0) is 18.8. The summed E-state index contributed by atoms with van der Waals surface area (Å²) in [6.07, 6.45) is 5.31. The van der Waals surface area contributed by atoms with Crippen LogP contribution < -0.4 is 5.56 Å². The Labute approximate surface area is 169 Å². The standard InChI is InChI=1S/C20H17N3OS3/c1-3-10-23-19(24)17-15(16-5-4-11-25-16)12-26-18(17)22-20(23)27-13(2)14-6-8-21-9-7-14/h3-9,11-13H,1,10H2,2H3. The lowest BCUT2D eigenvalue weighted by Gasteiger charge is -2.15. The number of fused-ring (bicyclic) bond motifs is 1. The van der Waals surface area contributed by atoms with E-state index in [-0.39, 0.29) is 10.8 Å². The van der Waals surface area contributed by atoms with E-state index < -0.39 is 0 Å². The lowest BCUT2D eigenvalue weighted by atomic mass is 10.2. The number of aromatic nitrogens is 3. The predicted molar refractivity (Wildman–Crippen MR) is 116 cm³/mol. The number of thioether (sulfide) groups is 1. The van der Waals surface area contributed by atoms with Crippen molar-refractivity contribution in [3.8, 4) is 10.4 Å². The van der Waals surface area contributed by atoms with E-state index in [1.807, 2.05) is 35.0 Å². The molecule has 0 fully saturated rings. The second-order valence-electron chi connectivity index (χ2n) is 5.95. The van der Waals surface area contributed by atoms with Crippen LogP contribution in [0.5, 0.6) is 0 Å². The summed E-state index contributed by atoms with van der Waals surface area (Å²) in [5, 5.41) is 5.63. The van der Waals surface area contributed by atoms with Crippen molar-refractivity contribution >= 4 is 44.7 Å². The molecular weight excluding hydrogens is 394 g/mol. The molecule has 4 nitrogen and oxygen atoms in total. The van der Waals surface area contributed by atoms with Crippen LogP contribution in [0.25, 0.3) is 20.7 Å². The van der Waals surface area contributed by atoms with Crippen LogP contribution in [0.2, 0.25) is 0 Å². The highest BCUT2D eigenvalue weighted by Gasteiger charge is 2.19. The molecule has 4 rings (SSSR count). The number of allylic oxidation sites excluding steroid dienone is 1. The highest BCUT2D eigenvalue weighted by Crippen LogP contribution is 2.37. The van der Waals surface area contributed by atoms with Gasteiger partial charge in [-0.05, 0) is 36.1 Å². The highest BCUT2D eigenvalue weighted by atomic mass is 32.2. The average Bonchev–Trinajstić information content (AvgIpc) is 3.35. The molecule has 4 heterocycles. The summed E-state index contributed by atoms with van der Waals surface area (Å²) < 4.78 is 1.72. The summed E-state index contributed by atoms with van der Waals surface area (Å²) in [5.41, 5.74) is 2.12. The van der Waals surface area contributed by atoms with Gasteiger partial charge < -0.3 is 0 Å². The van der Waals surface area contributed by atoms with Gasteiger partial charge in [-0.2, -0.15) is 0 Å². The second-order valence-corrected chi connectivity index (χ2v) is 9.06. The fourth-order valence-electron chi connectivity index (χ4n) is 2.86. The topological polar surface area (TPSA) is 47.8 Å². The van der Waals surface area contributed by atoms with E-state index in [1.165, 1.54) is 11.3 Å². The molecule has 0 saturated carbocycles. The maximum atomic E-state index is 13.3. The van der Waals surface area contributed by atoms with Crippen molar-refractivity contribution < 1.29 is 0 Å². The summed E-state index contributed by atoms with van der Waals surface area (Å²) in [7, 11) is 0. The Bertz CT molecular complexity index is 1130. The Morgan fingerprint density at radius 3 is 2.81 bits per heavy atom. The molecule has 27 heavy (non-hydrogen) atoms. The zero-order valence-corrected chi connectivity index (χ0v) is 17.1. The molecule has 0 aliphatic heterocycles. The predicted octanol–water partition coefficient (Wildman–Crippen LogP) is 5.62. The molecule has 0 bridgehead atoms. The summed E-state index contributed by atoms with van der Waals surface area (Å²) in [4.78, 5) is 24.1. The molecule has 7 heteroatoms. The van der Waals surface area contributed by atoms with Gasteiger partial charge >= 0.3 is 0 Å². The maximum Gasteiger partial charge on any atom is 0.263 e. The normalized spacial score (nSPS) is 12.3. The van der Waals surface area contributed by atoms with Gasteiger partial charge in [0.1, 0.15) is 4.83 Å². The zero-order valence-electron chi connectivity index (χ0n) is 14.7. The van der Waals surface area contributed by atoms with Gasteiger partial charge in [0.15, 0.2) is 5.16 Å².